The summed E-state index contributed by atoms with van der Waals surface area (Å²) in [5.74, 6) is 0.991. The van der Waals surface area contributed by atoms with Gasteiger partial charge in [-0.1, -0.05) is 6.42 Å². The zero-order valence-corrected chi connectivity index (χ0v) is 14.2. The lowest BCUT2D eigenvalue weighted by Crippen LogP contribution is -2.45. The molecule has 1 heterocycles. The van der Waals surface area contributed by atoms with E-state index >= 15 is 0 Å². The second-order valence-electron chi connectivity index (χ2n) is 7.64. The largest absolute Gasteiger partial charge is 0.300 e. The summed E-state index contributed by atoms with van der Waals surface area (Å²) < 4.78 is 0. The molecule has 0 bridgehead atoms. The summed E-state index contributed by atoms with van der Waals surface area (Å²) in [5.41, 5.74) is -0.355. The average Bonchev–Trinajstić information content (AvgIpc) is 2.92. The molecule has 120 valence electrons. The fraction of sp³-hybridized carbons (Fsp3) is 0.944. The molecule has 3 nitrogen and oxygen atoms in total. The molecule has 3 atom stereocenters. The van der Waals surface area contributed by atoms with Crippen molar-refractivity contribution in [2.24, 2.45) is 5.92 Å². The number of nitrogens with zero attached hydrogens (tertiary/aromatic N) is 2. The van der Waals surface area contributed by atoms with Gasteiger partial charge in [0.1, 0.15) is 5.54 Å². The van der Waals surface area contributed by atoms with Gasteiger partial charge in [0.25, 0.3) is 0 Å². The van der Waals surface area contributed by atoms with E-state index in [2.05, 4.69) is 30.1 Å². The molecule has 1 aliphatic heterocycles. The monoisotopic (exact) mass is 291 g/mol. The summed E-state index contributed by atoms with van der Waals surface area (Å²) in [6.07, 6.45) is 10.5. The molecule has 3 unspecified atom stereocenters. The lowest BCUT2D eigenvalue weighted by molar-refractivity contribution is 0.110. The maximum atomic E-state index is 9.38. The van der Waals surface area contributed by atoms with Gasteiger partial charge in [-0.15, -0.1) is 0 Å². The van der Waals surface area contributed by atoms with Crippen LogP contribution in [0.4, 0.5) is 0 Å². The van der Waals surface area contributed by atoms with Crippen LogP contribution in [0.15, 0.2) is 0 Å². The van der Waals surface area contributed by atoms with Gasteiger partial charge in [-0.2, -0.15) is 5.26 Å². The van der Waals surface area contributed by atoms with Crippen LogP contribution in [0.3, 0.4) is 0 Å². The summed E-state index contributed by atoms with van der Waals surface area (Å²) in [5, 5.41) is 12.8. The molecule has 1 N–H and O–H groups in total. The maximum Gasteiger partial charge on any atom is 0.104 e. The number of nitriles is 1. The van der Waals surface area contributed by atoms with Gasteiger partial charge in [0.2, 0.25) is 0 Å². The quantitative estimate of drug-likeness (QED) is 0.727. The van der Waals surface area contributed by atoms with E-state index in [0.717, 1.165) is 24.8 Å². The molecule has 1 saturated heterocycles. The van der Waals surface area contributed by atoms with Crippen LogP contribution in [0.25, 0.3) is 0 Å². The lowest BCUT2D eigenvalue weighted by Gasteiger charge is -2.38. The van der Waals surface area contributed by atoms with Crippen LogP contribution in [0.5, 0.6) is 0 Å². The van der Waals surface area contributed by atoms with E-state index in [1.165, 1.54) is 51.6 Å². The SMILES string of the molecule is CC(C)NC(C)(C#N)CCCCN1CCCC2CCCC21. The van der Waals surface area contributed by atoms with Crippen molar-refractivity contribution in [2.75, 3.05) is 13.1 Å². The normalized spacial score (nSPS) is 29.1. The van der Waals surface area contributed by atoms with Gasteiger partial charge in [-0.25, -0.2) is 0 Å². The Labute approximate surface area is 131 Å². The molecule has 0 aromatic carbocycles. The number of fused-ring (bicyclic) bond motifs is 1. The number of hydrogen-bond donors (Lipinski definition) is 1. The molecule has 0 aromatic rings. The van der Waals surface area contributed by atoms with Crippen LogP contribution in [0, 0.1) is 17.2 Å². The summed E-state index contributed by atoms with van der Waals surface area (Å²) in [6.45, 7) is 8.82. The Kier molecular flexibility index (Phi) is 6.08. The van der Waals surface area contributed by atoms with Crippen LogP contribution >= 0.6 is 0 Å². The van der Waals surface area contributed by atoms with Crippen molar-refractivity contribution in [3.8, 4) is 6.07 Å². The van der Waals surface area contributed by atoms with E-state index in [1.54, 1.807) is 0 Å². The highest BCUT2D eigenvalue weighted by Crippen LogP contribution is 2.36. The van der Waals surface area contributed by atoms with Gasteiger partial charge >= 0.3 is 0 Å². The van der Waals surface area contributed by atoms with E-state index in [9.17, 15) is 5.26 Å². The van der Waals surface area contributed by atoms with E-state index in [1.807, 2.05) is 6.92 Å². The Morgan fingerprint density at radius 2 is 2.00 bits per heavy atom. The van der Waals surface area contributed by atoms with Crippen molar-refractivity contribution in [3.63, 3.8) is 0 Å². The van der Waals surface area contributed by atoms with Crippen molar-refractivity contribution in [2.45, 2.75) is 89.8 Å². The van der Waals surface area contributed by atoms with Crippen molar-refractivity contribution < 1.29 is 0 Å². The number of piperidine rings is 1. The number of unbranched alkanes of at least 4 members (excludes halogenated alkanes) is 1. The first-order valence-electron chi connectivity index (χ1n) is 8.97. The molecule has 0 radical (unpaired) electrons. The third-order valence-corrected chi connectivity index (χ3v) is 5.33. The molecule has 0 spiro atoms. The fourth-order valence-corrected chi connectivity index (χ4v) is 4.43. The number of likely N-dealkylation sites (tertiary alicyclic amines) is 1. The molecule has 2 fully saturated rings. The Balaban J connectivity index is 1.70. The lowest BCUT2D eigenvalue weighted by atomic mass is 9.91. The molecule has 2 rings (SSSR count). The summed E-state index contributed by atoms with van der Waals surface area (Å²) in [7, 11) is 0. The summed E-state index contributed by atoms with van der Waals surface area (Å²) >= 11 is 0. The Bertz CT molecular complexity index is 360. The molecule has 21 heavy (non-hydrogen) atoms. The van der Waals surface area contributed by atoms with Gasteiger partial charge in [0.05, 0.1) is 6.07 Å². The molecular weight excluding hydrogens is 258 g/mol. The molecule has 1 saturated carbocycles. The van der Waals surface area contributed by atoms with Crippen LogP contribution in [0.2, 0.25) is 0 Å². The highest BCUT2D eigenvalue weighted by molar-refractivity contribution is 5.04. The molecule has 2 aliphatic rings. The fourth-order valence-electron chi connectivity index (χ4n) is 4.43. The smallest absolute Gasteiger partial charge is 0.104 e. The van der Waals surface area contributed by atoms with Gasteiger partial charge in [0.15, 0.2) is 0 Å². The second kappa shape index (κ2) is 7.61. The molecule has 0 amide bonds. The highest BCUT2D eigenvalue weighted by Gasteiger charge is 2.34. The topological polar surface area (TPSA) is 39.1 Å². The average molecular weight is 291 g/mol. The standard InChI is InChI=1S/C18H33N3/c1-15(2)20-18(3,14-19)11-4-5-12-21-13-7-9-16-8-6-10-17(16)21/h15-17,20H,4-13H2,1-3H3. The highest BCUT2D eigenvalue weighted by atomic mass is 15.2. The van der Waals surface area contributed by atoms with Gasteiger partial charge in [-0.3, -0.25) is 5.32 Å². The van der Waals surface area contributed by atoms with Crippen LogP contribution < -0.4 is 5.32 Å². The third-order valence-electron chi connectivity index (χ3n) is 5.33. The van der Waals surface area contributed by atoms with Crippen molar-refractivity contribution in [1.29, 1.82) is 5.26 Å². The number of nitrogens with one attached hydrogen (secondary N) is 1. The van der Waals surface area contributed by atoms with E-state index in [4.69, 9.17) is 0 Å². The minimum Gasteiger partial charge on any atom is -0.300 e. The molecule has 3 heteroatoms. The van der Waals surface area contributed by atoms with Gasteiger partial charge in [-0.05, 0) is 84.7 Å². The summed E-state index contributed by atoms with van der Waals surface area (Å²) in [6, 6.07) is 3.72. The first kappa shape index (κ1) is 16.8. The van der Waals surface area contributed by atoms with Gasteiger partial charge < -0.3 is 4.90 Å². The van der Waals surface area contributed by atoms with Crippen molar-refractivity contribution in [1.82, 2.24) is 10.2 Å². The predicted molar refractivity (Wildman–Crippen MR) is 88.1 cm³/mol. The van der Waals surface area contributed by atoms with Crippen LogP contribution in [0.1, 0.15) is 72.1 Å². The zero-order chi connectivity index (χ0) is 15.3. The number of rotatable bonds is 7. The summed E-state index contributed by atoms with van der Waals surface area (Å²) in [4.78, 5) is 2.75. The zero-order valence-electron chi connectivity index (χ0n) is 14.2. The second-order valence-corrected chi connectivity index (χ2v) is 7.64. The van der Waals surface area contributed by atoms with Crippen LogP contribution in [-0.2, 0) is 0 Å². The first-order chi connectivity index (χ1) is 10.0. The number of hydrogen-bond acceptors (Lipinski definition) is 3. The molecular formula is C18H33N3. The van der Waals surface area contributed by atoms with Crippen molar-refractivity contribution >= 4 is 0 Å². The van der Waals surface area contributed by atoms with E-state index < -0.39 is 0 Å². The maximum absolute atomic E-state index is 9.38. The van der Waals surface area contributed by atoms with Crippen molar-refractivity contribution in [3.05, 3.63) is 0 Å². The van der Waals surface area contributed by atoms with E-state index in [0.29, 0.717) is 6.04 Å². The minimum atomic E-state index is -0.355. The minimum absolute atomic E-state index is 0.355. The molecule has 1 aliphatic carbocycles. The van der Waals surface area contributed by atoms with Crippen LogP contribution in [-0.4, -0.2) is 35.6 Å². The van der Waals surface area contributed by atoms with Gasteiger partial charge in [0, 0.05) is 12.1 Å². The Morgan fingerprint density at radius 1 is 1.24 bits per heavy atom. The predicted octanol–water partition coefficient (Wildman–Crippen LogP) is 3.70. The molecule has 0 aromatic heterocycles. The Morgan fingerprint density at radius 3 is 2.71 bits per heavy atom. The first-order valence-corrected chi connectivity index (χ1v) is 8.97. The third kappa shape index (κ3) is 4.69. The Hall–Kier alpha value is -0.590. The van der Waals surface area contributed by atoms with E-state index in [-0.39, 0.29) is 5.54 Å².